The third-order valence-corrected chi connectivity index (χ3v) is 3.54. The van der Waals surface area contributed by atoms with Crippen LogP contribution in [0.2, 0.25) is 0 Å². The minimum absolute atomic E-state index is 0.793. The van der Waals surface area contributed by atoms with Crippen LogP contribution in [0.25, 0.3) is 0 Å². The predicted molar refractivity (Wildman–Crippen MR) is 83.8 cm³/mol. The molecular weight excluding hydrogens is 264 g/mol. The van der Waals surface area contributed by atoms with Gasteiger partial charge < -0.3 is 14.3 Å². The van der Waals surface area contributed by atoms with Gasteiger partial charge in [0, 0.05) is 19.4 Å². The Hall–Kier alpha value is -1.59. The Morgan fingerprint density at radius 3 is 2.86 bits per heavy atom. The van der Waals surface area contributed by atoms with Gasteiger partial charge in [0.25, 0.3) is 0 Å². The molecule has 2 heterocycles. The van der Waals surface area contributed by atoms with Gasteiger partial charge >= 0.3 is 0 Å². The van der Waals surface area contributed by atoms with E-state index in [1.807, 2.05) is 24.0 Å². The number of nitrogens with zero attached hydrogens (tertiary/aromatic N) is 3. The summed E-state index contributed by atoms with van der Waals surface area (Å²) in [4.78, 5) is 6.56. The standard InChI is InChI=1S/C16H26N4O/c1-5-6-17-10-15-13(2)9-14(21-15)11-19(3)12-16-18-7-8-20(16)4/h7-9,17H,5-6,10-12H2,1-4H3. The summed E-state index contributed by atoms with van der Waals surface area (Å²) >= 11 is 0. The number of rotatable bonds is 8. The van der Waals surface area contributed by atoms with E-state index in [9.17, 15) is 0 Å². The van der Waals surface area contributed by atoms with Crippen LogP contribution in [-0.2, 0) is 26.7 Å². The Bertz CT molecular complexity index is 558. The number of aryl methyl sites for hydroxylation is 2. The highest BCUT2D eigenvalue weighted by Crippen LogP contribution is 2.16. The van der Waals surface area contributed by atoms with E-state index >= 15 is 0 Å². The Morgan fingerprint density at radius 1 is 1.38 bits per heavy atom. The van der Waals surface area contributed by atoms with Crippen LogP contribution in [0.15, 0.2) is 22.9 Å². The van der Waals surface area contributed by atoms with Crippen molar-refractivity contribution < 1.29 is 4.42 Å². The lowest BCUT2D eigenvalue weighted by Crippen LogP contribution is -2.19. The lowest BCUT2D eigenvalue weighted by molar-refractivity contribution is 0.274. The van der Waals surface area contributed by atoms with Crippen LogP contribution in [0.5, 0.6) is 0 Å². The summed E-state index contributed by atoms with van der Waals surface area (Å²) in [5, 5.41) is 3.38. The quantitative estimate of drug-likeness (QED) is 0.759. The van der Waals surface area contributed by atoms with Crippen LogP contribution < -0.4 is 5.32 Å². The van der Waals surface area contributed by atoms with Gasteiger partial charge in [-0.1, -0.05) is 6.92 Å². The number of hydrogen-bond acceptors (Lipinski definition) is 4. The van der Waals surface area contributed by atoms with Gasteiger partial charge in [-0.3, -0.25) is 4.90 Å². The fourth-order valence-electron chi connectivity index (χ4n) is 2.33. The van der Waals surface area contributed by atoms with Crippen LogP contribution in [0, 0.1) is 6.92 Å². The van der Waals surface area contributed by atoms with E-state index in [1.165, 1.54) is 5.56 Å². The van der Waals surface area contributed by atoms with E-state index in [1.54, 1.807) is 0 Å². The van der Waals surface area contributed by atoms with Gasteiger partial charge in [-0.15, -0.1) is 0 Å². The molecule has 5 heteroatoms. The molecular formula is C16H26N4O. The zero-order valence-electron chi connectivity index (χ0n) is 13.5. The highest BCUT2D eigenvalue weighted by atomic mass is 16.3. The lowest BCUT2D eigenvalue weighted by Gasteiger charge is -2.14. The van der Waals surface area contributed by atoms with Crippen LogP contribution in [-0.4, -0.2) is 28.0 Å². The van der Waals surface area contributed by atoms with Gasteiger partial charge in [0.15, 0.2) is 0 Å². The first-order valence-electron chi connectivity index (χ1n) is 7.53. The fourth-order valence-corrected chi connectivity index (χ4v) is 2.33. The molecule has 0 spiro atoms. The number of furan rings is 1. The monoisotopic (exact) mass is 290 g/mol. The molecule has 0 bridgehead atoms. The van der Waals surface area contributed by atoms with E-state index in [4.69, 9.17) is 4.42 Å². The summed E-state index contributed by atoms with van der Waals surface area (Å²) in [7, 11) is 4.10. The molecule has 0 saturated heterocycles. The molecule has 0 saturated carbocycles. The Morgan fingerprint density at radius 2 is 2.19 bits per heavy atom. The van der Waals surface area contributed by atoms with Crippen molar-refractivity contribution in [2.75, 3.05) is 13.6 Å². The molecule has 1 N–H and O–H groups in total. The lowest BCUT2D eigenvalue weighted by atomic mass is 10.2. The first kappa shape index (κ1) is 15.8. The molecule has 0 amide bonds. The summed E-state index contributed by atoms with van der Waals surface area (Å²) in [6.45, 7) is 7.71. The minimum atomic E-state index is 0.793. The van der Waals surface area contributed by atoms with Crippen molar-refractivity contribution in [1.82, 2.24) is 19.8 Å². The highest BCUT2D eigenvalue weighted by molar-refractivity contribution is 5.20. The molecule has 0 aliphatic heterocycles. The van der Waals surface area contributed by atoms with Crippen molar-refractivity contribution in [1.29, 1.82) is 0 Å². The summed E-state index contributed by atoms with van der Waals surface area (Å²) in [6.07, 6.45) is 4.94. The third-order valence-electron chi connectivity index (χ3n) is 3.54. The number of imidazole rings is 1. The SMILES string of the molecule is CCCNCc1oc(CN(C)Cc2nccn2C)cc1C. The second-order valence-electron chi connectivity index (χ2n) is 5.62. The van der Waals surface area contributed by atoms with Gasteiger partial charge in [-0.05, 0) is 38.6 Å². The second kappa shape index (κ2) is 7.43. The second-order valence-corrected chi connectivity index (χ2v) is 5.62. The minimum Gasteiger partial charge on any atom is -0.463 e. The number of nitrogens with one attached hydrogen (secondary N) is 1. The van der Waals surface area contributed by atoms with Crippen molar-refractivity contribution in [3.63, 3.8) is 0 Å². The summed E-state index contributed by atoms with van der Waals surface area (Å²) in [5.74, 6) is 3.12. The fraction of sp³-hybridized carbons (Fsp3) is 0.562. The van der Waals surface area contributed by atoms with Crippen LogP contribution in [0.4, 0.5) is 0 Å². The van der Waals surface area contributed by atoms with Crippen molar-refractivity contribution >= 4 is 0 Å². The summed E-state index contributed by atoms with van der Waals surface area (Å²) in [5.41, 5.74) is 1.22. The predicted octanol–water partition coefficient (Wildman–Crippen LogP) is 2.45. The van der Waals surface area contributed by atoms with Crippen molar-refractivity contribution in [2.45, 2.75) is 39.9 Å². The molecule has 21 heavy (non-hydrogen) atoms. The Kier molecular flexibility index (Phi) is 5.59. The first-order chi connectivity index (χ1) is 10.1. The van der Waals surface area contributed by atoms with Gasteiger partial charge in [0.1, 0.15) is 17.3 Å². The smallest absolute Gasteiger partial charge is 0.122 e. The van der Waals surface area contributed by atoms with Crippen molar-refractivity contribution in [3.8, 4) is 0 Å². The molecule has 0 unspecified atom stereocenters. The van der Waals surface area contributed by atoms with Gasteiger partial charge in [-0.2, -0.15) is 0 Å². The molecule has 2 aromatic heterocycles. The average Bonchev–Trinajstić information content (AvgIpc) is 2.97. The highest BCUT2D eigenvalue weighted by Gasteiger charge is 2.11. The van der Waals surface area contributed by atoms with E-state index in [0.29, 0.717) is 0 Å². The maximum atomic E-state index is 5.95. The van der Waals surface area contributed by atoms with E-state index in [0.717, 1.165) is 49.9 Å². The maximum absolute atomic E-state index is 5.95. The topological polar surface area (TPSA) is 46.2 Å². The van der Waals surface area contributed by atoms with Gasteiger partial charge in [0.2, 0.25) is 0 Å². The van der Waals surface area contributed by atoms with Gasteiger partial charge in [-0.25, -0.2) is 4.98 Å². The van der Waals surface area contributed by atoms with E-state index < -0.39 is 0 Å². The Balaban J connectivity index is 1.90. The molecule has 0 aliphatic carbocycles. The average molecular weight is 290 g/mol. The molecule has 2 aromatic rings. The number of hydrogen-bond donors (Lipinski definition) is 1. The largest absolute Gasteiger partial charge is 0.463 e. The van der Waals surface area contributed by atoms with Crippen molar-refractivity contribution in [3.05, 3.63) is 41.4 Å². The first-order valence-corrected chi connectivity index (χ1v) is 7.53. The third kappa shape index (κ3) is 4.44. The molecule has 0 atom stereocenters. The zero-order valence-corrected chi connectivity index (χ0v) is 13.5. The van der Waals surface area contributed by atoms with Crippen LogP contribution in [0.3, 0.4) is 0 Å². The van der Waals surface area contributed by atoms with E-state index in [-0.39, 0.29) is 0 Å². The molecule has 0 fully saturated rings. The van der Waals surface area contributed by atoms with Crippen molar-refractivity contribution in [2.24, 2.45) is 7.05 Å². The summed E-state index contributed by atoms with van der Waals surface area (Å²) in [6, 6.07) is 2.14. The molecule has 0 aromatic carbocycles. The number of aromatic nitrogens is 2. The van der Waals surface area contributed by atoms with Crippen LogP contribution in [0.1, 0.15) is 36.3 Å². The molecule has 5 nitrogen and oxygen atoms in total. The molecule has 116 valence electrons. The maximum Gasteiger partial charge on any atom is 0.122 e. The van der Waals surface area contributed by atoms with E-state index in [2.05, 4.69) is 42.2 Å². The normalized spacial score (nSPS) is 11.5. The summed E-state index contributed by atoms with van der Waals surface area (Å²) < 4.78 is 8.00. The van der Waals surface area contributed by atoms with Crippen LogP contribution >= 0.6 is 0 Å². The molecule has 2 rings (SSSR count). The zero-order chi connectivity index (χ0) is 15.2. The van der Waals surface area contributed by atoms with Gasteiger partial charge in [0.05, 0.1) is 19.6 Å². The Labute approximate surface area is 127 Å². The molecule has 0 aliphatic rings. The molecule has 0 radical (unpaired) electrons.